The lowest BCUT2D eigenvalue weighted by Crippen LogP contribution is -2.48. The molecule has 0 aromatic rings. The zero-order valence-electron chi connectivity index (χ0n) is 12.8. The maximum Gasteiger partial charge on any atom is 0.0589 e. The summed E-state index contributed by atoms with van der Waals surface area (Å²) in [6.07, 6.45) is 3.98. The lowest BCUT2D eigenvalue weighted by atomic mass is 9.86. The molecule has 1 saturated carbocycles. The van der Waals surface area contributed by atoms with Crippen molar-refractivity contribution in [3.8, 4) is 0 Å². The normalized spacial score (nSPS) is 29.1. The zero-order chi connectivity index (χ0) is 13.7. The largest absolute Gasteiger partial charge is 0.383 e. The molecule has 1 aliphatic carbocycles. The van der Waals surface area contributed by atoms with E-state index in [0.29, 0.717) is 11.5 Å². The Morgan fingerprint density at radius 3 is 2.79 bits per heavy atom. The van der Waals surface area contributed by atoms with Crippen LogP contribution in [-0.4, -0.2) is 64.6 Å². The van der Waals surface area contributed by atoms with Gasteiger partial charge in [-0.25, -0.2) is 0 Å². The summed E-state index contributed by atoms with van der Waals surface area (Å²) in [6, 6.07) is 0.685. The highest BCUT2D eigenvalue weighted by atomic mass is 16.5. The summed E-state index contributed by atoms with van der Waals surface area (Å²) >= 11 is 0. The summed E-state index contributed by atoms with van der Waals surface area (Å²) in [6.45, 7) is 8.25. The van der Waals surface area contributed by atoms with E-state index < -0.39 is 0 Å². The van der Waals surface area contributed by atoms with Gasteiger partial charge in [0.1, 0.15) is 0 Å². The Hall–Kier alpha value is -0.160. The van der Waals surface area contributed by atoms with Crippen LogP contribution in [-0.2, 0) is 9.47 Å². The van der Waals surface area contributed by atoms with Crippen LogP contribution in [0, 0.1) is 11.3 Å². The molecule has 0 aromatic carbocycles. The van der Waals surface area contributed by atoms with E-state index in [4.69, 9.17) is 9.47 Å². The molecule has 4 nitrogen and oxygen atoms in total. The van der Waals surface area contributed by atoms with Crippen molar-refractivity contribution < 1.29 is 9.47 Å². The summed E-state index contributed by atoms with van der Waals surface area (Å²) in [5.41, 5.74) is 0.297. The summed E-state index contributed by atoms with van der Waals surface area (Å²) in [7, 11) is 3.84. The van der Waals surface area contributed by atoms with Crippen LogP contribution in [0.25, 0.3) is 0 Å². The third kappa shape index (κ3) is 4.15. The Bertz CT molecular complexity index is 263. The summed E-state index contributed by atoms with van der Waals surface area (Å²) < 4.78 is 11.0. The highest BCUT2D eigenvalue weighted by molar-refractivity contribution is 4.92. The Labute approximate surface area is 117 Å². The molecule has 1 N–H and O–H groups in total. The predicted octanol–water partition coefficient (Wildman–Crippen LogP) is 1.36. The standard InChI is InChI=1S/C15H30N2O2/c1-13(14-4-5-14)17(7-9-18-3)11-15(10-16-2)6-8-19-12-15/h13-14,16H,4-12H2,1-3H3. The third-order valence-electron chi connectivity index (χ3n) is 4.74. The van der Waals surface area contributed by atoms with Crippen molar-refractivity contribution in [2.24, 2.45) is 11.3 Å². The van der Waals surface area contributed by atoms with E-state index in [-0.39, 0.29) is 0 Å². The van der Waals surface area contributed by atoms with Crippen LogP contribution in [0.4, 0.5) is 0 Å². The van der Waals surface area contributed by atoms with Crippen molar-refractivity contribution in [2.75, 3.05) is 53.6 Å². The second-order valence-electron chi connectivity index (χ2n) is 6.37. The van der Waals surface area contributed by atoms with Gasteiger partial charge < -0.3 is 14.8 Å². The molecular formula is C15H30N2O2. The maximum absolute atomic E-state index is 5.68. The fourth-order valence-corrected chi connectivity index (χ4v) is 3.29. The van der Waals surface area contributed by atoms with E-state index >= 15 is 0 Å². The minimum atomic E-state index is 0.297. The fraction of sp³-hybridized carbons (Fsp3) is 1.00. The number of methoxy groups -OCH3 is 1. The smallest absolute Gasteiger partial charge is 0.0589 e. The van der Waals surface area contributed by atoms with Gasteiger partial charge >= 0.3 is 0 Å². The van der Waals surface area contributed by atoms with Crippen molar-refractivity contribution in [3.63, 3.8) is 0 Å². The highest BCUT2D eigenvalue weighted by Gasteiger charge is 2.39. The van der Waals surface area contributed by atoms with Crippen molar-refractivity contribution in [3.05, 3.63) is 0 Å². The molecule has 2 rings (SSSR count). The highest BCUT2D eigenvalue weighted by Crippen LogP contribution is 2.37. The molecule has 0 aromatic heterocycles. The minimum absolute atomic E-state index is 0.297. The van der Waals surface area contributed by atoms with Gasteiger partial charge in [0, 0.05) is 44.8 Å². The number of hydrogen-bond donors (Lipinski definition) is 1. The van der Waals surface area contributed by atoms with Crippen LogP contribution >= 0.6 is 0 Å². The van der Waals surface area contributed by atoms with Crippen molar-refractivity contribution in [1.82, 2.24) is 10.2 Å². The van der Waals surface area contributed by atoms with Crippen molar-refractivity contribution in [2.45, 2.75) is 32.2 Å². The Morgan fingerprint density at radius 2 is 2.26 bits per heavy atom. The molecule has 2 aliphatic rings. The van der Waals surface area contributed by atoms with Crippen LogP contribution in [0.5, 0.6) is 0 Å². The van der Waals surface area contributed by atoms with Crippen molar-refractivity contribution >= 4 is 0 Å². The second-order valence-corrected chi connectivity index (χ2v) is 6.37. The summed E-state index contributed by atoms with van der Waals surface area (Å²) in [4.78, 5) is 2.63. The van der Waals surface area contributed by atoms with E-state index in [1.807, 2.05) is 7.05 Å². The van der Waals surface area contributed by atoms with Crippen LogP contribution in [0.15, 0.2) is 0 Å². The van der Waals surface area contributed by atoms with Crippen LogP contribution in [0.1, 0.15) is 26.2 Å². The predicted molar refractivity (Wildman–Crippen MR) is 77.4 cm³/mol. The lowest BCUT2D eigenvalue weighted by molar-refractivity contribution is 0.0615. The lowest BCUT2D eigenvalue weighted by Gasteiger charge is -2.37. The molecule has 1 aliphatic heterocycles. The average molecular weight is 270 g/mol. The molecule has 2 unspecified atom stereocenters. The van der Waals surface area contributed by atoms with E-state index in [0.717, 1.165) is 45.4 Å². The molecule has 0 amide bonds. The van der Waals surface area contributed by atoms with Crippen molar-refractivity contribution in [1.29, 1.82) is 0 Å². The van der Waals surface area contributed by atoms with Gasteiger partial charge in [-0.15, -0.1) is 0 Å². The molecule has 2 fully saturated rings. The van der Waals surface area contributed by atoms with Crippen LogP contribution < -0.4 is 5.32 Å². The second kappa shape index (κ2) is 7.02. The molecular weight excluding hydrogens is 240 g/mol. The Balaban J connectivity index is 1.95. The Kier molecular flexibility index (Phi) is 5.63. The first-order chi connectivity index (χ1) is 9.21. The van der Waals surface area contributed by atoms with E-state index in [1.54, 1.807) is 7.11 Å². The summed E-state index contributed by atoms with van der Waals surface area (Å²) in [5, 5.41) is 3.36. The number of rotatable bonds is 9. The molecule has 112 valence electrons. The zero-order valence-corrected chi connectivity index (χ0v) is 12.8. The Morgan fingerprint density at radius 1 is 1.47 bits per heavy atom. The van der Waals surface area contributed by atoms with Gasteiger partial charge in [0.2, 0.25) is 0 Å². The molecule has 4 heteroatoms. The van der Waals surface area contributed by atoms with E-state index in [2.05, 4.69) is 17.1 Å². The molecule has 0 spiro atoms. The van der Waals surface area contributed by atoms with Gasteiger partial charge in [0.05, 0.1) is 13.2 Å². The van der Waals surface area contributed by atoms with Gasteiger partial charge in [-0.3, -0.25) is 4.90 Å². The minimum Gasteiger partial charge on any atom is -0.383 e. The van der Waals surface area contributed by atoms with Crippen LogP contribution in [0.2, 0.25) is 0 Å². The molecule has 1 saturated heterocycles. The monoisotopic (exact) mass is 270 g/mol. The first kappa shape index (κ1) is 15.2. The average Bonchev–Trinajstić information content (AvgIpc) is 3.16. The number of nitrogens with zero attached hydrogens (tertiary/aromatic N) is 1. The summed E-state index contributed by atoms with van der Waals surface area (Å²) in [5.74, 6) is 0.908. The first-order valence-corrected chi connectivity index (χ1v) is 7.66. The van der Waals surface area contributed by atoms with E-state index in [1.165, 1.54) is 19.3 Å². The molecule has 0 bridgehead atoms. The molecule has 1 heterocycles. The van der Waals surface area contributed by atoms with Crippen LogP contribution in [0.3, 0.4) is 0 Å². The van der Waals surface area contributed by atoms with Gasteiger partial charge in [-0.05, 0) is 39.2 Å². The molecule has 2 atom stereocenters. The number of nitrogens with one attached hydrogen (secondary N) is 1. The maximum atomic E-state index is 5.68. The quantitative estimate of drug-likeness (QED) is 0.686. The van der Waals surface area contributed by atoms with Gasteiger partial charge in [-0.2, -0.15) is 0 Å². The fourth-order valence-electron chi connectivity index (χ4n) is 3.29. The number of ether oxygens (including phenoxy) is 2. The topological polar surface area (TPSA) is 33.7 Å². The SMILES string of the molecule is CNCC1(CN(CCOC)C(C)C2CC2)CCOC1. The molecule has 0 radical (unpaired) electrons. The third-order valence-corrected chi connectivity index (χ3v) is 4.74. The van der Waals surface area contributed by atoms with Gasteiger partial charge in [-0.1, -0.05) is 0 Å². The van der Waals surface area contributed by atoms with Gasteiger partial charge in [0.15, 0.2) is 0 Å². The first-order valence-electron chi connectivity index (χ1n) is 7.66. The van der Waals surface area contributed by atoms with E-state index in [9.17, 15) is 0 Å². The number of hydrogen-bond acceptors (Lipinski definition) is 4. The molecule has 19 heavy (non-hydrogen) atoms. The van der Waals surface area contributed by atoms with Gasteiger partial charge in [0.25, 0.3) is 0 Å².